The molecule has 1 fully saturated rings. The first-order chi connectivity index (χ1) is 9.94. The smallest absolute Gasteiger partial charge is 0.264 e. The normalized spacial score (nSPS) is 16.5. The minimum atomic E-state index is -3.85. The van der Waals surface area contributed by atoms with Gasteiger partial charge in [-0.2, -0.15) is 0 Å². The second-order valence-corrected chi connectivity index (χ2v) is 6.67. The average molecular weight is 313 g/mol. The van der Waals surface area contributed by atoms with E-state index in [2.05, 4.69) is 4.72 Å². The lowest BCUT2D eigenvalue weighted by molar-refractivity contribution is -0.125. The molecule has 1 aliphatic heterocycles. The summed E-state index contributed by atoms with van der Waals surface area (Å²) in [5.74, 6) is -0.177. The molecule has 0 aromatic heterocycles. The molecular formula is C14H19NO5S. The molecule has 2 rings (SSSR count). The maximum Gasteiger partial charge on any atom is 0.264 e. The Morgan fingerprint density at radius 1 is 1.33 bits per heavy atom. The van der Waals surface area contributed by atoms with E-state index in [9.17, 15) is 13.2 Å². The number of methoxy groups -OCH3 is 1. The van der Waals surface area contributed by atoms with Crippen LogP contribution in [0, 0.1) is 12.8 Å². The Balaban J connectivity index is 2.14. The molecule has 1 aromatic rings. The first-order valence-corrected chi connectivity index (χ1v) is 8.21. The zero-order valence-electron chi connectivity index (χ0n) is 12.1. The predicted octanol–water partition coefficient (Wildman–Crippen LogP) is 1.24. The largest absolute Gasteiger partial charge is 0.496 e. The Bertz CT molecular complexity index is 620. The van der Waals surface area contributed by atoms with Gasteiger partial charge in [0, 0.05) is 19.1 Å². The number of sulfonamides is 1. The highest BCUT2D eigenvalue weighted by atomic mass is 32.2. The number of hydrogen-bond acceptors (Lipinski definition) is 5. The van der Waals surface area contributed by atoms with Crippen LogP contribution < -0.4 is 9.46 Å². The molecule has 116 valence electrons. The topological polar surface area (TPSA) is 81.7 Å². The Morgan fingerprint density at radius 2 is 2.00 bits per heavy atom. The molecule has 1 heterocycles. The van der Waals surface area contributed by atoms with Crippen molar-refractivity contribution in [2.24, 2.45) is 5.92 Å². The summed E-state index contributed by atoms with van der Waals surface area (Å²) in [6, 6.07) is 4.48. The zero-order valence-corrected chi connectivity index (χ0v) is 12.9. The van der Waals surface area contributed by atoms with Crippen LogP contribution in [0.1, 0.15) is 18.4 Å². The lowest BCUT2D eigenvalue weighted by Gasteiger charge is -2.21. The number of carbonyl (C=O) groups excluding carboxylic acids is 1. The summed E-state index contributed by atoms with van der Waals surface area (Å²) in [5.41, 5.74) is 0.693. The number of nitrogens with one attached hydrogen (secondary N) is 1. The van der Waals surface area contributed by atoms with Gasteiger partial charge < -0.3 is 9.47 Å². The van der Waals surface area contributed by atoms with Crippen LogP contribution in [0.5, 0.6) is 5.75 Å². The molecule has 0 bridgehead atoms. The molecule has 0 aliphatic carbocycles. The summed E-state index contributed by atoms with van der Waals surface area (Å²) in [6.45, 7) is 2.72. The van der Waals surface area contributed by atoms with Crippen LogP contribution in [-0.2, 0) is 19.6 Å². The molecule has 1 saturated heterocycles. The van der Waals surface area contributed by atoms with E-state index in [1.54, 1.807) is 13.0 Å². The highest BCUT2D eigenvalue weighted by Crippen LogP contribution is 2.22. The molecule has 1 aromatic carbocycles. The number of rotatable bonds is 4. The third-order valence-electron chi connectivity index (χ3n) is 3.50. The summed E-state index contributed by atoms with van der Waals surface area (Å²) >= 11 is 0. The Kier molecular flexibility index (Phi) is 4.84. The van der Waals surface area contributed by atoms with E-state index in [-0.39, 0.29) is 10.8 Å². The fourth-order valence-electron chi connectivity index (χ4n) is 2.25. The maximum atomic E-state index is 12.2. The number of hydrogen-bond donors (Lipinski definition) is 1. The molecule has 1 aliphatic rings. The summed E-state index contributed by atoms with van der Waals surface area (Å²) in [6.07, 6.45) is 1.09. The zero-order chi connectivity index (χ0) is 15.5. The van der Waals surface area contributed by atoms with Crippen LogP contribution in [-0.4, -0.2) is 34.6 Å². The van der Waals surface area contributed by atoms with Gasteiger partial charge in [0.05, 0.1) is 12.0 Å². The summed E-state index contributed by atoms with van der Waals surface area (Å²) < 4.78 is 36.9. The van der Waals surface area contributed by atoms with Crippen molar-refractivity contribution in [2.45, 2.75) is 24.7 Å². The van der Waals surface area contributed by atoms with Crippen LogP contribution >= 0.6 is 0 Å². The molecule has 21 heavy (non-hydrogen) atoms. The molecule has 0 spiro atoms. The number of ether oxygens (including phenoxy) is 2. The van der Waals surface area contributed by atoms with Crippen LogP contribution in [0.25, 0.3) is 0 Å². The third-order valence-corrected chi connectivity index (χ3v) is 4.85. The van der Waals surface area contributed by atoms with Gasteiger partial charge in [0.15, 0.2) is 0 Å². The van der Waals surface area contributed by atoms with Crippen LogP contribution in [0.15, 0.2) is 23.1 Å². The molecule has 6 nitrogen and oxygen atoms in total. The van der Waals surface area contributed by atoms with E-state index >= 15 is 0 Å². The van der Waals surface area contributed by atoms with E-state index < -0.39 is 15.9 Å². The molecule has 0 unspecified atom stereocenters. The first kappa shape index (κ1) is 15.8. The third kappa shape index (κ3) is 3.74. The second kappa shape index (κ2) is 6.44. The molecular weight excluding hydrogens is 294 g/mol. The molecule has 0 saturated carbocycles. The highest BCUT2D eigenvalue weighted by Gasteiger charge is 2.26. The van der Waals surface area contributed by atoms with E-state index in [1.807, 2.05) is 0 Å². The van der Waals surface area contributed by atoms with Crippen LogP contribution in [0.4, 0.5) is 0 Å². The van der Waals surface area contributed by atoms with Gasteiger partial charge in [0.1, 0.15) is 5.75 Å². The van der Waals surface area contributed by atoms with Gasteiger partial charge in [-0.1, -0.05) is 0 Å². The SMILES string of the molecule is COc1ccc(S(=O)(=O)NC(=O)C2CCOCC2)cc1C. The van der Waals surface area contributed by atoms with Gasteiger partial charge in [-0.3, -0.25) is 4.79 Å². The lowest BCUT2D eigenvalue weighted by atomic mass is 10.0. The average Bonchev–Trinajstić information content (AvgIpc) is 2.47. The van der Waals surface area contributed by atoms with Crippen molar-refractivity contribution >= 4 is 15.9 Å². The molecule has 0 atom stereocenters. The van der Waals surface area contributed by atoms with E-state index in [0.717, 1.165) is 0 Å². The molecule has 7 heteroatoms. The second-order valence-electron chi connectivity index (χ2n) is 4.99. The predicted molar refractivity (Wildman–Crippen MR) is 76.6 cm³/mol. The minimum absolute atomic E-state index is 0.0567. The maximum absolute atomic E-state index is 12.2. The number of carbonyl (C=O) groups is 1. The number of benzene rings is 1. The van der Waals surface area contributed by atoms with Gasteiger partial charge in [-0.15, -0.1) is 0 Å². The summed E-state index contributed by atoms with van der Waals surface area (Å²) in [4.78, 5) is 12.1. The van der Waals surface area contributed by atoms with E-state index in [0.29, 0.717) is 37.4 Å². The van der Waals surface area contributed by atoms with Crippen molar-refractivity contribution in [1.29, 1.82) is 0 Å². The highest BCUT2D eigenvalue weighted by molar-refractivity contribution is 7.90. The lowest BCUT2D eigenvalue weighted by Crippen LogP contribution is -2.38. The van der Waals surface area contributed by atoms with Crippen molar-refractivity contribution in [1.82, 2.24) is 4.72 Å². The quantitative estimate of drug-likeness (QED) is 0.904. The standard InChI is InChI=1S/C14H19NO5S/c1-10-9-12(3-4-13(10)19-2)21(17,18)15-14(16)11-5-7-20-8-6-11/h3-4,9,11H,5-8H2,1-2H3,(H,15,16). The van der Waals surface area contributed by atoms with E-state index in [1.165, 1.54) is 19.2 Å². The fraction of sp³-hybridized carbons (Fsp3) is 0.500. The molecule has 0 radical (unpaired) electrons. The van der Waals surface area contributed by atoms with Crippen molar-refractivity contribution in [2.75, 3.05) is 20.3 Å². The summed E-state index contributed by atoms with van der Waals surface area (Å²) in [7, 11) is -2.33. The van der Waals surface area contributed by atoms with E-state index in [4.69, 9.17) is 9.47 Å². The van der Waals surface area contributed by atoms with Gasteiger partial charge in [-0.05, 0) is 43.5 Å². The van der Waals surface area contributed by atoms with Crippen molar-refractivity contribution in [3.63, 3.8) is 0 Å². The Morgan fingerprint density at radius 3 is 2.57 bits per heavy atom. The monoisotopic (exact) mass is 313 g/mol. The molecule has 1 amide bonds. The number of aryl methyl sites for hydroxylation is 1. The van der Waals surface area contributed by atoms with Crippen molar-refractivity contribution in [3.05, 3.63) is 23.8 Å². The fourth-order valence-corrected chi connectivity index (χ4v) is 3.38. The van der Waals surface area contributed by atoms with Gasteiger partial charge >= 0.3 is 0 Å². The molecule has 1 N–H and O–H groups in total. The van der Waals surface area contributed by atoms with Gasteiger partial charge in [0.2, 0.25) is 5.91 Å². The Labute approximate surface area is 124 Å². The van der Waals surface area contributed by atoms with Gasteiger partial charge in [-0.25, -0.2) is 13.1 Å². The minimum Gasteiger partial charge on any atom is -0.496 e. The van der Waals surface area contributed by atoms with Crippen LogP contribution in [0.2, 0.25) is 0 Å². The summed E-state index contributed by atoms with van der Waals surface area (Å²) in [5, 5.41) is 0. The Hall–Kier alpha value is -1.60. The van der Waals surface area contributed by atoms with Gasteiger partial charge in [0.25, 0.3) is 10.0 Å². The number of amides is 1. The van der Waals surface area contributed by atoms with Crippen molar-refractivity contribution < 1.29 is 22.7 Å². The van der Waals surface area contributed by atoms with Crippen molar-refractivity contribution in [3.8, 4) is 5.75 Å². The van der Waals surface area contributed by atoms with Crippen LogP contribution in [0.3, 0.4) is 0 Å². The first-order valence-electron chi connectivity index (χ1n) is 6.73.